The van der Waals surface area contributed by atoms with Crippen LogP contribution < -0.4 is 4.74 Å². The first kappa shape index (κ1) is 16.5. The molecular weight excluding hydrogens is 308 g/mol. The topological polar surface area (TPSA) is 38.7 Å². The monoisotopic (exact) mass is 330 g/mol. The molecule has 1 N–H and O–H groups in total. The molecule has 0 saturated carbocycles. The highest BCUT2D eigenvalue weighted by Crippen LogP contribution is 2.30. The first-order valence-electron chi connectivity index (χ1n) is 6.67. The van der Waals surface area contributed by atoms with Crippen molar-refractivity contribution >= 4 is 15.9 Å². The second-order valence-electron chi connectivity index (χ2n) is 4.80. The van der Waals surface area contributed by atoms with E-state index in [1.807, 2.05) is 18.2 Å². The number of aliphatic hydroxyl groups is 1. The van der Waals surface area contributed by atoms with Gasteiger partial charge < -0.3 is 14.6 Å². The Balaban J connectivity index is 2.64. The van der Waals surface area contributed by atoms with Crippen LogP contribution in [0.1, 0.15) is 38.4 Å². The molecule has 0 heterocycles. The SMILES string of the molecule is CCC(C)CC(O)c1ccc(OCCOC)c(Br)c1. The number of ether oxygens (including phenoxy) is 2. The fourth-order valence-electron chi connectivity index (χ4n) is 1.76. The third kappa shape index (κ3) is 5.51. The number of hydrogen-bond acceptors (Lipinski definition) is 3. The quantitative estimate of drug-likeness (QED) is 0.733. The van der Waals surface area contributed by atoms with Gasteiger partial charge in [-0.2, -0.15) is 0 Å². The fraction of sp³-hybridized carbons (Fsp3) is 0.600. The predicted molar refractivity (Wildman–Crippen MR) is 80.5 cm³/mol. The molecule has 0 spiro atoms. The largest absolute Gasteiger partial charge is 0.490 e. The van der Waals surface area contributed by atoms with E-state index in [0.717, 1.165) is 28.6 Å². The molecule has 0 aliphatic heterocycles. The van der Waals surface area contributed by atoms with Gasteiger partial charge in [0.2, 0.25) is 0 Å². The van der Waals surface area contributed by atoms with E-state index in [-0.39, 0.29) is 0 Å². The van der Waals surface area contributed by atoms with Gasteiger partial charge >= 0.3 is 0 Å². The van der Waals surface area contributed by atoms with Crippen molar-refractivity contribution in [2.45, 2.75) is 32.8 Å². The molecule has 0 saturated heterocycles. The maximum absolute atomic E-state index is 10.2. The number of hydrogen-bond donors (Lipinski definition) is 1. The van der Waals surface area contributed by atoms with Gasteiger partial charge in [0, 0.05) is 7.11 Å². The minimum Gasteiger partial charge on any atom is -0.490 e. The van der Waals surface area contributed by atoms with Gasteiger partial charge in [0.15, 0.2) is 0 Å². The van der Waals surface area contributed by atoms with Gasteiger partial charge in [0.05, 0.1) is 17.2 Å². The maximum atomic E-state index is 10.2. The van der Waals surface area contributed by atoms with Crippen molar-refractivity contribution in [3.8, 4) is 5.75 Å². The number of aliphatic hydroxyl groups excluding tert-OH is 1. The summed E-state index contributed by atoms with van der Waals surface area (Å²) < 4.78 is 11.4. The zero-order valence-electron chi connectivity index (χ0n) is 11.9. The standard InChI is InChI=1S/C15H23BrO3/c1-4-11(2)9-14(17)12-5-6-15(13(16)10-12)19-8-7-18-3/h5-6,10-11,14,17H,4,7-9H2,1-3H3. The molecule has 0 bridgehead atoms. The Hall–Kier alpha value is -0.580. The van der Waals surface area contributed by atoms with E-state index < -0.39 is 6.10 Å². The van der Waals surface area contributed by atoms with Crippen LogP contribution in [0.2, 0.25) is 0 Å². The van der Waals surface area contributed by atoms with Crippen molar-refractivity contribution in [2.75, 3.05) is 20.3 Å². The lowest BCUT2D eigenvalue weighted by atomic mass is 9.96. The Bertz CT molecular complexity index is 382. The van der Waals surface area contributed by atoms with Crippen LogP contribution in [0.15, 0.2) is 22.7 Å². The molecule has 1 aromatic carbocycles. The van der Waals surface area contributed by atoms with Crippen LogP contribution >= 0.6 is 15.9 Å². The second-order valence-corrected chi connectivity index (χ2v) is 5.65. The zero-order chi connectivity index (χ0) is 14.3. The molecule has 0 radical (unpaired) electrons. The maximum Gasteiger partial charge on any atom is 0.133 e. The van der Waals surface area contributed by atoms with Gasteiger partial charge in [-0.15, -0.1) is 0 Å². The molecule has 0 fully saturated rings. The molecule has 3 nitrogen and oxygen atoms in total. The fourth-order valence-corrected chi connectivity index (χ4v) is 2.27. The van der Waals surface area contributed by atoms with Gasteiger partial charge in [-0.3, -0.25) is 0 Å². The zero-order valence-corrected chi connectivity index (χ0v) is 13.4. The minimum absolute atomic E-state index is 0.417. The van der Waals surface area contributed by atoms with Gasteiger partial charge in [-0.25, -0.2) is 0 Å². The first-order chi connectivity index (χ1) is 9.08. The molecular formula is C15H23BrO3. The molecule has 19 heavy (non-hydrogen) atoms. The van der Waals surface area contributed by atoms with Crippen LogP contribution in [0.4, 0.5) is 0 Å². The van der Waals surface area contributed by atoms with Crippen LogP contribution in [-0.4, -0.2) is 25.4 Å². The smallest absolute Gasteiger partial charge is 0.133 e. The second kappa shape index (κ2) is 8.56. The Morgan fingerprint density at radius 3 is 2.63 bits per heavy atom. The molecule has 2 unspecified atom stereocenters. The van der Waals surface area contributed by atoms with E-state index in [2.05, 4.69) is 29.8 Å². The molecule has 0 aromatic heterocycles. The number of methoxy groups -OCH3 is 1. The van der Waals surface area contributed by atoms with Gasteiger partial charge in [-0.1, -0.05) is 26.3 Å². The number of halogens is 1. The highest BCUT2D eigenvalue weighted by molar-refractivity contribution is 9.10. The van der Waals surface area contributed by atoms with E-state index >= 15 is 0 Å². The summed E-state index contributed by atoms with van der Waals surface area (Å²) in [6.45, 7) is 5.37. The summed E-state index contributed by atoms with van der Waals surface area (Å²) in [5.74, 6) is 1.29. The van der Waals surface area contributed by atoms with Gasteiger partial charge in [0.1, 0.15) is 12.4 Å². The van der Waals surface area contributed by atoms with Crippen LogP contribution in [-0.2, 0) is 4.74 Å². The molecule has 1 rings (SSSR count). The number of rotatable bonds is 8. The summed E-state index contributed by atoms with van der Waals surface area (Å²) in [4.78, 5) is 0. The van der Waals surface area contributed by atoms with Crippen molar-refractivity contribution in [3.05, 3.63) is 28.2 Å². The van der Waals surface area contributed by atoms with E-state index in [9.17, 15) is 5.11 Å². The molecule has 0 aliphatic rings. The third-order valence-electron chi connectivity index (χ3n) is 3.21. The summed E-state index contributed by atoms with van der Waals surface area (Å²) in [5, 5.41) is 10.2. The average Bonchev–Trinajstić information content (AvgIpc) is 2.40. The van der Waals surface area contributed by atoms with E-state index in [1.165, 1.54) is 0 Å². The van der Waals surface area contributed by atoms with Crippen molar-refractivity contribution in [3.63, 3.8) is 0 Å². The molecule has 4 heteroatoms. The summed E-state index contributed by atoms with van der Waals surface area (Å²) in [7, 11) is 1.65. The van der Waals surface area contributed by atoms with Crippen molar-refractivity contribution in [1.82, 2.24) is 0 Å². The van der Waals surface area contributed by atoms with Crippen LogP contribution in [0.25, 0.3) is 0 Å². The Kier molecular flexibility index (Phi) is 7.42. The molecule has 2 atom stereocenters. The third-order valence-corrected chi connectivity index (χ3v) is 3.83. The molecule has 0 aliphatic carbocycles. The van der Waals surface area contributed by atoms with Crippen molar-refractivity contribution in [1.29, 1.82) is 0 Å². The lowest BCUT2D eigenvalue weighted by molar-refractivity contribution is 0.143. The summed E-state index contributed by atoms with van der Waals surface area (Å²) in [5.41, 5.74) is 0.922. The van der Waals surface area contributed by atoms with Crippen molar-refractivity contribution < 1.29 is 14.6 Å². The first-order valence-corrected chi connectivity index (χ1v) is 7.47. The van der Waals surface area contributed by atoms with Crippen LogP contribution in [0, 0.1) is 5.92 Å². The van der Waals surface area contributed by atoms with Crippen LogP contribution in [0.5, 0.6) is 5.75 Å². The van der Waals surface area contributed by atoms with E-state index in [1.54, 1.807) is 7.11 Å². The highest BCUT2D eigenvalue weighted by Gasteiger charge is 2.13. The van der Waals surface area contributed by atoms with E-state index in [4.69, 9.17) is 9.47 Å². The molecule has 0 amide bonds. The molecule has 1 aromatic rings. The van der Waals surface area contributed by atoms with Gasteiger partial charge in [-0.05, 0) is 46.0 Å². The van der Waals surface area contributed by atoms with E-state index in [0.29, 0.717) is 19.1 Å². The summed E-state index contributed by atoms with van der Waals surface area (Å²) >= 11 is 3.47. The lowest BCUT2D eigenvalue weighted by Gasteiger charge is -2.16. The van der Waals surface area contributed by atoms with Crippen molar-refractivity contribution in [2.24, 2.45) is 5.92 Å². The summed E-state index contributed by atoms with van der Waals surface area (Å²) in [6, 6.07) is 5.73. The normalized spacial score (nSPS) is 14.2. The molecule has 108 valence electrons. The number of benzene rings is 1. The Morgan fingerprint density at radius 2 is 2.05 bits per heavy atom. The highest BCUT2D eigenvalue weighted by atomic mass is 79.9. The van der Waals surface area contributed by atoms with Gasteiger partial charge in [0.25, 0.3) is 0 Å². The lowest BCUT2D eigenvalue weighted by Crippen LogP contribution is -2.06. The Labute approximate surface area is 124 Å². The van der Waals surface area contributed by atoms with Crippen LogP contribution in [0.3, 0.4) is 0 Å². The predicted octanol–water partition coefficient (Wildman–Crippen LogP) is 3.94. The summed E-state index contributed by atoms with van der Waals surface area (Å²) in [6.07, 6.45) is 1.45. The average molecular weight is 331 g/mol. The minimum atomic E-state index is -0.417. The Morgan fingerprint density at radius 1 is 1.32 bits per heavy atom.